The molecule has 1 saturated heterocycles. The summed E-state index contributed by atoms with van der Waals surface area (Å²) in [6.07, 6.45) is 0. The van der Waals surface area contributed by atoms with E-state index in [1.807, 2.05) is 37.4 Å². The van der Waals surface area contributed by atoms with Gasteiger partial charge in [-0.25, -0.2) is 8.42 Å². The topological polar surface area (TPSA) is 57.7 Å². The molecule has 1 fully saturated rings. The number of sulfone groups is 1. The first-order valence-corrected chi connectivity index (χ1v) is 10.0. The van der Waals surface area contributed by atoms with Crippen molar-refractivity contribution < 1.29 is 22.0 Å². The Morgan fingerprint density at radius 1 is 1.04 bits per heavy atom. The van der Waals surface area contributed by atoms with Gasteiger partial charge in [0.25, 0.3) is 5.91 Å². The van der Waals surface area contributed by atoms with Crippen LogP contribution in [0.2, 0.25) is 0 Å². The molecule has 0 radical (unpaired) electrons. The van der Waals surface area contributed by atoms with Crippen molar-refractivity contribution in [1.82, 2.24) is 9.80 Å². The average molecular weight is 394 g/mol. The lowest BCUT2D eigenvalue weighted by atomic mass is 10.0. The lowest BCUT2D eigenvalue weighted by Gasteiger charge is -2.40. The van der Waals surface area contributed by atoms with Gasteiger partial charge < -0.3 is 9.80 Å². The van der Waals surface area contributed by atoms with Gasteiger partial charge in [-0.3, -0.25) is 4.79 Å². The highest BCUT2D eigenvalue weighted by Crippen LogP contribution is 2.27. The monoisotopic (exact) mass is 394 g/mol. The number of alkyl halides is 2. The summed E-state index contributed by atoms with van der Waals surface area (Å²) in [6, 6.07) is 14.2. The summed E-state index contributed by atoms with van der Waals surface area (Å²) in [7, 11) is -2.68. The van der Waals surface area contributed by atoms with Crippen molar-refractivity contribution >= 4 is 15.7 Å². The molecule has 8 heteroatoms. The molecule has 2 aromatic carbocycles. The molecule has 1 atom stereocenters. The number of rotatable bonds is 4. The van der Waals surface area contributed by atoms with Crippen molar-refractivity contribution in [3.05, 3.63) is 65.7 Å². The third kappa shape index (κ3) is 4.01. The second kappa shape index (κ2) is 7.74. The molecule has 144 valence electrons. The average Bonchev–Trinajstić information content (AvgIpc) is 2.68. The number of nitrogens with zero attached hydrogens (tertiary/aromatic N) is 2. The first-order valence-electron chi connectivity index (χ1n) is 8.47. The molecular formula is C19H20F2N2O3S. The zero-order valence-corrected chi connectivity index (χ0v) is 15.6. The van der Waals surface area contributed by atoms with Gasteiger partial charge in [0.2, 0.25) is 9.84 Å². The Morgan fingerprint density at radius 2 is 1.67 bits per heavy atom. The van der Waals surface area contributed by atoms with Crippen molar-refractivity contribution in [3.8, 4) is 0 Å². The van der Waals surface area contributed by atoms with E-state index in [1.54, 1.807) is 4.90 Å². The lowest BCUT2D eigenvalue weighted by Crippen LogP contribution is -2.49. The van der Waals surface area contributed by atoms with E-state index in [0.717, 1.165) is 17.7 Å². The van der Waals surface area contributed by atoms with E-state index in [2.05, 4.69) is 4.90 Å². The van der Waals surface area contributed by atoms with Crippen molar-refractivity contribution in [1.29, 1.82) is 0 Å². The number of carbonyl (C=O) groups excluding carboxylic acids is 1. The zero-order valence-electron chi connectivity index (χ0n) is 14.8. The van der Waals surface area contributed by atoms with Crippen molar-refractivity contribution in [3.63, 3.8) is 0 Å². The van der Waals surface area contributed by atoms with Gasteiger partial charge in [0.05, 0.1) is 10.9 Å². The zero-order chi connectivity index (χ0) is 19.6. The normalized spacial score (nSPS) is 18.7. The first kappa shape index (κ1) is 19.4. The van der Waals surface area contributed by atoms with Crippen LogP contribution in [0.5, 0.6) is 0 Å². The Hall–Kier alpha value is -2.32. The highest BCUT2D eigenvalue weighted by molar-refractivity contribution is 7.91. The second-order valence-electron chi connectivity index (χ2n) is 6.52. The Labute approximate surface area is 157 Å². The van der Waals surface area contributed by atoms with Gasteiger partial charge in [-0.05, 0) is 36.9 Å². The molecule has 0 saturated carbocycles. The minimum atomic E-state index is -4.67. The predicted octanol–water partition coefficient (Wildman–Crippen LogP) is 2.81. The Kier molecular flexibility index (Phi) is 5.57. The van der Waals surface area contributed by atoms with Gasteiger partial charge in [-0.15, -0.1) is 0 Å². The fourth-order valence-corrected chi connectivity index (χ4v) is 3.90. The van der Waals surface area contributed by atoms with Crippen molar-refractivity contribution in [2.75, 3.05) is 26.7 Å². The number of amides is 1. The molecule has 0 aromatic heterocycles. The highest BCUT2D eigenvalue weighted by Gasteiger charge is 2.31. The number of hydrogen-bond acceptors (Lipinski definition) is 4. The van der Waals surface area contributed by atoms with E-state index in [1.165, 1.54) is 12.1 Å². The molecule has 3 rings (SSSR count). The predicted molar refractivity (Wildman–Crippen MR) is 97.3 cm³/mol. The number of benzene rings is 2. The van der Waals surface area contributed by atoms with Crippen LogP contribution < -0.4 is 0 Å². The van der Waals surface area contributed by atoms with Gasteiger partial charge in [0.15, 0.2) is 0 Å². The second-order valence-corrected chi connectivity index (χ2v) is 8.44. The number of piperazine rings is 1. The van der Waals surface area contributed by atoms with Gasteiger partial charge in [0.1, 0.15) is 0 Å². The summed E-state index contributed by atoms with van der Waals surface area (Å²) >= 11 is 0. The van der Waals surface area contributed by atoms with E-state index in [-0.39, 0.29) is 17.5 Å². The van der Waals surface area contributed by atoms with Crippen molar-refractivity contribution in [2.45, 2.75) is 16.7 Å². The van der Waals surface area contributed by atoms with Gasteiger partial charge in [-0.1, -0.05) is 30.3 Å². The van der Waals surface area contributed by atoms with E-state index >= 15 is 0 Å². The van der Waals surface area contributed by atoms with Crippen LogP contribution in [0.25, 0.3) is 0 Å². The van der Waals surface area contributed by atoms with E-state index < -0.39 is 20.5 Å². The summed E-state index contributed by atoms with van der Waals surface area (Å²) in [5.41, 5.74) is 1.28. The maximum Gasteiger partial charge on any atom is 0.341 e. The van der Waals surface area contributed by atoms with Crippen LogP contribution in [0, 0.1) is 0 Å². The quantitative estimate of drug-likeness (QED) is 0.800. The van der Waals surface area contributed by atoms with Crippen LogP contribution in [0.15, 0.2) is 59.5 Å². The Bertz CT molecular complexity index is 902. The molecule has 5 nitrogen and oxygen atoms in total. The molecule has 0 aliphatic carbocycles. The third-order valence-electron chi connectivity index (χ3n) is 4.69. The number of halogens is 2. The highest BCUT2D eigenvalue weighted by atomic mass is 32.2. The summed E-state index contributed by atoms with van der Waals surface area (Å²) in [6.45, 7) is 1.91. The number of hydrogen-bond donors (Lipinski definition) is 0. The molecule has 0 spiro atoms. The lowest BCUT2D eigenvalue weighted by molar-refractivity contribution is 0.0498. The van der Waals surface area contributed by atoms with E-state index in [0.29, 0.717) is 19.6 Å². The standard InChI is InChI=1S/C19H20F2N2O3S/c1-22-11-12-23(17(13-22)14-5-3-2-4-6-14)18(24)15-7-9-16(10-8-15)27(25,26)19(20)21/h2-10,17,19H,11-13H2,1H3/t17-/m0/s1. The maximum atomic E-state index is 13.0. The van der Waals surface area contributed by atoms with Gasteiger partial charge in [0, 0.05) is 25.2 Å². The van der Waals surface area contributed by atoms with E-state index in [9.17, 15) is 22.0 Å². The van der Waals surface area contributed by atoms with Gasteiger partial charge in [-0.2, -0.15) is 8.78 Å². The minimum absolute atomic E-state index is 0.137. The molecule has 27 heavy (non-hydrogen) atoms. The van der Waals surface area contributed by atoms with Crippen LogP contribution in [0.4, 0.5) is 8.78 Å². The smallest absolute Gasteiger partial charge is 0.329 e. The van der Waals surface area contributed by atoms with E-state index in [4.69, 9.17) is 0 Å². The summed E-state index contributed by atoms with van der Waals surface area (Å²) in [5.74, 6) is -3.74. The summed E-state index contributed by atoms with van der Waals surface area (Å²) < 4.78 is 48.4. The molecular weight excluding hydrogens is 374 g/mol. The molecule has 0 unspecified atom stereocenters. The molecule has 2 aromatic rings. The fraction of sp³-hybridized carbons (Fsp3) is 0.316. The van der Waals surface area contributed by atoms with Crippen LogP contribution in [-0.2, 0) is 9.84 Å². The van der Waals surface area contributed by atoms with Crippen LogP contribution in [0.1, 0.15) is 22.0 Å². The fourth-order valence-electron chi connectivity index (χ4n) is 3.18. The first-order chi connectivity index (χ1) is 12.8. The van der Waals surface area contributed by atoms with Crippen LogP contribution >= 0.6 is 0 Å². The molecule has 1 heterocycles. The van der Waals surface area contributed by atoms with Crippen molar-refractivity contribution in [2.24, 2.45) is 0 Å². The number of carbonyl (C=O) groups is 1. The molecule has 0 bridgehead atoms. The number of likely N-dealkylation sites (N-methyl/N-ethyl adjacent to an activating group) is 1. The third-order valence-corrected chi connectivity index (χ3v) is 6.09. The van der Waals surface area contributed by atoms with Crippen LogP contribution in [-0.4, -0.2) is 56.6 Å². The molecule has 1 aliphatic heterocycles. The molecule has 1 aliphatic rings. The summed E-state index contributed by atoms with van der Waals surface area (Å²) in [4.78, 5) is 16.4. The summed E-state index contributed by atoms with van der Waals surface area (Å²) in [5, 5.41) is 0. The Balaban J connectivity index is 1.87. The molecule has 1 amide bonds. The molecule has 0 N–H and O–H groups in total. The minimum Gasteiger partial charge on any atom is -0.329 e. The maximum absolute atomic E-state index is 13.0. The SMILES string of the molecule is CN1CCN(C(=O)c2ccc(S(=O)(=O)C(F)F)cc2)[C@H](c2ccccc2)C1. The Morgan fingerprint density at radius 3 is 2.26 bits per heavy atom. The van der Waals surface area contributed by atoms with Crippen LogP contribution in [0.3, 0.4) is 0 Å². The largest absolute Gasteiger partial charge is 0.341 e. The van der Waals surface area contributed by atoms with Gasteiger partial charge >= 0.3 is 5.76 Å².